The Kier molecular flexibility index (Phi) is 4.02. The van der Waals surface area contributed by atoms with Crippen LogP contribution in [-0.2, 0) is 6.54 Å². The molecule has 2 heterocycles. The summed E-state index contributed by atoms with van der Waals surface area (Å²) in [5, 5.41) is 7.14. The van der Waals surface area contributed by atoms with Crippen LogP contribution in [0.3, 0.4) is 0 Å². The average Bonchev–Trinajstić information content (AvgIpc) is 2.75. The fourth-order valence-electron chi connectivity index (χ4n) is 2.03. The van der Waals surface area contributed by atoms with Crippen molar-refractivity contribution in [1.82, 2.24) is 20.1 Å². The summed E-state index contributed by atoms with van der Waals surface area (Å²) in [6, 6.07) is 5.41. The summed E-state index contributed by atoms with van der Waals surface area (Å²) in [4.78, 5) is 16.6. The van der Waals surface area contributed by atoms with Crippen LogP contribution in [0.5, 0.6) is 0 Å². The van der Waals surface area contributed by atoms with Gasteiger partial charge in [-0.15, -0.1) is 0 Å². The Labute approximate surface area is 118 Å². The topological polar surface area (TPSA) is 85.8 Å². The van der Waals surface area contributed by atoms with Crippen LogP contribution in [0.4, 0.5) is 5.69 Å². The number of aryl methyl sites for hydroxylation is 2. The molecule has 20 heavy (non-hydrogen) atoms. The Bertz CT molecular complexity index is 606. The number of nitrogens with zero attached hydrogens (tertiary/aromatic N) is 3. The first-order chi connectivity index (χ1) is 9.54. The fourth-order valence-corrected chi connectivity index (χ4v) is 2.03. The minimum Gasteiger partial charge on any atom is -0.395 e. The molecule has 0 saturated heterocycles. The number of aromatic nitrogens is 3. The van der Waals surface area contributed by atoms with Crippen molar-refractivity contribution >= 4 is 11.6 Å². The van der Waals surface area contributed by atoms with Gasteiger partial charge in [0.05, 0.1) is 23.1 Å². The van der Waals surface area contributed by atoms with Gasteiger partial charge in [0.25, 0.3) is 5.91 Å². The second kappa shape index (κ2) is 5.73. The van der Waals surface area contributed by atoms with E-state index in [1.54, 1.807) is 17.8 Å². The largest absolute Gasteiger partial charge is 0.395 e. The van der Waals surface area contributed by atoms with E-state index < -0.39 is 0 Å². The van der Waals surface area contributed by atoms with Crippen LogP contribution in [0, 0.1) is 6.92 Å². The number of anilines is 1. The quantitative estimate of drug-likeness (QED) is 0.887. The van der Waals surface area contributed by atoms with Crippen LogP contribution < -0.4 is 11.1 Å². The van der Waals surface area contributed by atoms with E-state index in [1.807, 2.05) is 32.0 Å². The normalized spacial score (nSPS) is 12.2. The van der Waals surface area contributed by atoms with Crippen LogP contribution in [0.1, 0.15) is 41.8 Å². The van der Waals surface area contributed by atoms with Gasteiger partial charge in [0.1, 0.15) is 5.69 Å². The molecule has 1 unspecified atom stereocenters. The van der Waals surface area contributed by atoms with Crippen LogP contribution in [0.25, 0.3) is 0 Å². The molecule has 0 aromatic carbocycles. The van der Waals surface area contributed by atoms with Gasteiger partial charge in [-0.3, -0.25) is 14.5 Å². The molecule has 0 aliphatic carbocycles. The van der Waals surface area contributed by atoms with E-state index in [-0.39, 0.29) is 11.9 Å². The molecular formula is C14H19N5O. The van der Waals surface area contributed by atoms with Crippen molar-refractivity contribution in [1.29, 1.82) is 0 Å². The third-order valence-electron chi connectivity index (χ3n) is 3.17. The van der Waals surface area contributed by atoms with Crippen molar-refractivity contribution in [2.24, 2.45) is 0 Å². The number of pyridine rings is 1. The summed E-state index contributed by atoms with van der Waals surface area (Å²) in [6.07, 6.45) is 1.70. The van der Waals surface area contributed by atoms with Crippen molar-refractivity contribution in [3.8, 4) is 0 Å². The van der Waals surface area contributed by atoms with Gasteiger partial charge < -0.3 is 11.1 Å². The number of carbonyl (C=O) groups excluding carboxylic acids is 1. The molecule has 0 spiro atoms. The van der Waals surface area contributed by atoms with Crippen molar-refractivity contribution < 1.29 is 4.79 Å². The van der Waals surface area contributed by atoms with Gasteiger partial charge in [-0.2, -0.15) is 5.10 Å². The lowest BCUT2D eigenvalue weighted by Crippen LogP contribution is -2.30. The van der Waals surface area contributed by atoms with Crippen LogP contribution >= 0.6 is 0 Å². The number of rotatable bonds is 4. The summed E-state index contributed by atoms with van der Waals surface area (Å²) in [6.45, 7) is 6.19. The maximum atomic E-state index is 12.4. The monoisotopic (exact) mass is 273 g/mol. The minimum absolute atomic E-state index is 0.191. The summed E-state index contributed by atoms with van der Waals surface area (Å²) in [7, 11) is 0. The van der Waals surface area contributed by atoms with E-state index in [2.05, 4.69) is 15.4 Å². The van der Waals surface area contributed by atoms with Crippen LogP contribution in [0.15, 0.2) is 24.4 Å². The molecule has 6 nitrogen and oxygen atoms in total. The standard InChI is InChI=1S/C14H19N5O/c1-4-19-13(12(15)10(3)18-19)14(20)17-9(2)11-7-5-6-8-16-11/h5-9H,4,15H2,1-3H3,(H,17,20). The highest BCUT2D eigenvalue weighted by Crippen LogP contribution is 2.18. The number of nitrogens with one attached hydrogen (secondary N) is 1. The zero-order valence-corrected chi connectivity index (χ0v) is 11.9. The SMILES string of the molecule is CCn1nc(C)c(N)c1C(=O)NC(C)c1ccccn1. The van der Waals surface area contributed by atoms with Gasteiger partial charge in [-0.1, -0.05) is 6.07 Å². The van der Waals surface area contributed by atoms with Crippen molar-refractivity contribution in [2.45, 2.75) is 33.4 Å². The highest BCUT2D eigenvalue weighted by Gasteiger charge is 2.21. The van der Waals surface area contributed by atoms with E-state index in [1.165, 1.54) is 0 Å². The third-order valence-corrected chi connectivity index (χ3v) is 3.17. The van der Waals surface area contributed by atoms with Gasteiger partial charge >= 0.3 is 0 Å². The van der Waals surface area contributed by atoms with E-state index in [4.69, 9.17) is 5.73 Å². The molecule has 2 rings (SSSR count). The number of carbonyl (C=O) groups is 1. The Morgan fingerprint density at radius 2 is 2.25 bits per heavy atom. The number of nitrogen functional groups attached to an aromatic ring is 1. The van der Waals surface area contributed by atoms with E-state index >= 15 is 0 Å². The van der Waals surface area contributed by atoms with Crippen LogP contribution in [0.2, 0.25) is 0 Å². The fraction of sp³-hybridized carbons (Fsp3) is 0.357. The minimum atomic E-state index is -0.233. The second-order valence-corrected chi connectivity index (χ2v) is 4.61. The lowest BCUT2D eigenvalue weighted by molar-refractivity contribution is 0.0929. The molecule has 6 heteroatoms. The molecule has 0 aliphatic heterocycles. The Morgan fingerprint density at radius 3 is 2.85 bits per heavy atom. The van der Waals surface area contributed by atoms with Crippen molar-refractivity contribution in [3.05, 3.63) is 41.5 Å². The molecule has 0 aliphatic rings. The molecular weight excluding hydrogens is 254 g/mol. The predicted octanol–water partition coefficient (Wildman–Crippen LogP) is 1.68. The first-order valence-electron chi connectivity index (χ1n) is 6.59. The van der Waals surface area contributed by atoms with E-state index in [0.717, 1.165) is 5.69 Å². The maximum Gasteiger partial charge on any atom is 0.272 e. The van der Waals surface area contributed by atoms with Crippen LogP contribution in [-0.4, -0.2) is 20.7 Å². The third kappa shape index (κ3) is 2.64. The predicted molar refractivity (Wildman–Crippen MR) is 77.2 cm³/mol. The molecule has 0 bridgehead atoms. The Balaban J connectivity index is 2.21. The summed E-state index contributed by atoms with van der Waals surface area (Å²) < 4.78 is 1.62. The van der Waals surface area contributed by atoms with Gasteiger partial charge in [-0.25, -0.2) is 0 Å². The Morgan fingerprint density at radius 1 is 1.50 bits per heavy atom. The molecule has 2 aromatic heterocycles. The van der Waals surface area contributed by atoms with Gasteiger partial charge in [0.2, 0.25) is 0 Å². The number of hydrogen-bond donors (Lipinski definition) is 2. The average molecular weight is 273 g/mol. The number of amides is 1. The molecule has 106 valence electrons. The molecule has 1 amide bonds. The van der Waals surface area contributed by atoms with Gasteiger partial charge in [0, 0.05) is 12.7 Å². The molecule has 3 N–H and O–H groups in total. The van der Waals surface area contributed by atoms with Crippen molar-refractivity contribution in [2.75, 3.05) is 5.73 Å². The Hall–Kier alpha value is -2.37. The molecule has 2 aromatic rings. The molecule has 0 fully saturated rings. The first-order valence-corrected chi connectivity index (χ1v) is 6.59. The maximum absolute atomic E-state index is 12.4. The van der Waals surface area contributed by atoms with Gasteiger partial charge in [0.15, 0.2) is 0 Å². The zero-order chi connectivity index (χ0) is 14.7. The molecule has 1 atom stereocenters. The highest BCUT2D eigenvalue weighted by molar-refractivity contribution is 5.98. The summed E-state index contributed by atoms with van der Waals surface area (Å²) in [5.41, 5.74) is 8.25. The highest BCUT2D eigenvalue weighted by atomic mass is 16.2. The number of hydrogen-bond acceptors (Lipinski definition) is 4. The first kappa shape index (κ1) is 14.0. The lowest BCUT2D eigenvalue weighted by atomic mass is 10.2. The zero-order valence-electron chi connectivity index (χ0n) is 11.9. The van der Waals surface area contributed by atoms with Gasteiger partial charge in [-0.05, 0) is 32.9 Å². The lowest BCUT2D eigenvalue weighted by Gasteiger charge is -2.14. The number of nitrogens with two attached hydrogens (primary N) is 1. The smallest absolute Gasteiger partial charge is 0.272 e. The van der Waals surface area contributed by atoms with E-state index in [9.17, 15) is 4.79 Å². The summed E-state index contributed by atoms with van der Waals surface area (Å²) >= 11 is 0. The second-order valence-electron chi connectivity index (χ2n) is 4.61. The van der Waals surface area contributed by atoms with Crippen molar-refractivity contribution in [3.63, 3.8) is 0 Å². The molecule has 0 radical (unpaired) electrons. The summed E-state index contributed by atoms with van der Waals surface area (Å²) in [5.74, 6) is -0.233. The van der Waals surface area contributed by atoms with E-state index in [0.29, 0.717) is 23.6 Å². The molecule has 0 saturated carbocycles.